The van der Waals surface area contributed by atoms with Gasteiger partial charge in [-0.05, 0) is 30.5 Å². The normalized spacial score (nSPS) is 18.3. The first-order chi connectivity index (χ1) is 9.15. The van der Waals surface area contributed by atoms with Gasteiger partial charge in [0.05, 0.1) is 6.42 Å². The van der Waals surface area contributed by atoms with E-state index in [9.17, 15) is 9.59 Å². The molecule has 1 fully saturated rings. The lowest BCUT2D eigenvalue weighted by Crippen LogP contribution is -2.35. The molecule has 0 saturated heterocycles. The fourth-order valence-corrected chi connectivity index (χ4v) is 3.01. The van der Waals surface area contributed by atoms with Crippen molar-refractivity contribution in [3.05, 3.63) is 29.3 Å². The lowest BCUT2D eigenvalue weighted by atomic mass is 10.1. The third kappa shape index (κ3) is 2.23. The van der Waals surface area contributed by atoms with Crippen molar-refractivity contribution in [3.63, 3.8) is 0 Å². The molecule has 1 aromatic carbocycles. The first-order valence-corrected chi connectivity index (χ1v) is 6.85. The number of carbonyl (C=O) groups is 2. The van der Waals surface area contributed by atoms with Gasteiger partial charge in [-0.1, -0.05) is 18.9 Å². The fourth-order valence-electron chi connectivity index (χ4n) is 3.01. The standard InChI is InChI=1S/C15H18N2O2/c1-17(12-4-2-3-5-12)15(19)11-7-6-10-9-14(18)16-13(10)8-11/h6-8,12H,2-5,9H2,1H3,(H,16,18). The van der Waals surface area contributed by atoms with Crippen LogP contribution in [0.15, 0.2) is 18.2 Å². The van der Waals surface area contributed by atoms with E-state index in [-0.39, 0.29) is 11.8 Å². The molecule has 4 nitrogen and oxygen atoms in total. The fraction of sp³-hybridized carbons (Fsp3) is 0.467. The summed E-state index contributed by atoms with van der Waals surface area (Å²) >= 11 is 0. The van der Waals surface area contributed by atoms with Crippen LogP contribution in [0.3, 0.4) is 0 Å². The summed E-state index contributed by atoms with van der Waals surface area (Å²) in [6, 6.07) is 5.87. The highest BCUT2D eigenvalue weighted by molar-refractivity contribution is 6.02. The maximum Gasteiger partial charge on any atom is 0.253 e. The van der Waals surface area contributed by atoms with Crippen LogP contribution in [0.2, 0.25) is 0 Å². The molecule has 2 amide bonds. The summed E-state index contributed by atoms with van der Waals surface area (Å²) in [4.78, 5) is 25.6. The van der Waals surface area contributed by atoms with Crippen molar-refractivity contribution in [1.29, 1.82) is 0 Å². The number of anilines is 1. The lowest BCUT2D eigenvalue weighted by molar-refractivity contribution is -0.115. The first-order valence-electron chi connectivity index (χ1n) is 6.85. The van der Waals surface area contributed by atoms with Crippen LogP contribution in [0.25, 0.3) is 0 Å². The molecule has 2 aliphatic rings. The Morgan fingerprint density at radius 1 is 1.32 bits per heavy atom. The van der Waals surface area contributed by atoms with Gasteiger partial charge >= 0.3 is 0 Å². The molecule has 0 radical (unpaired) electrons. The quantitative estimate of drug-likeness (QED) is 0.884. The number of hydrogen-bond donors (Lipinski definition) is 1. The molecule has 3 rings (SSSR count). The summed E-state index contributed by atoms with van der Waals surface area (Å²) < 4.78 is 0. The van der Waals surface area contributed by atoms with Gasteiger partial charge in [0, 0.05) is 24.3 Å². The first kappa shape index (κ1) is 12.2. The van der Waals surface area contributed by atoms with Crippen LogP contribution < -0.4 is 5.32 Å². The van der Waals surface area contributed by atoms with Crippen molar-refractivity contribution in [2.45, 2.75) is 38.1 Å². The van der Waals surface area contributed by atoms with E-state index in [1.54, 1.807) is 6.07 Å². The second-order valence-electron chi connectivity index (χ2n) is 5.45. The van der Waals surface area contributed by atoms with E-state index in [0.717, 1.165) is 24.1 Å². The zero-order valence-electron chi connectivity index (χ0n) is 11.1. The van der Waals surface area contributed by atoms with E-state index < -0.39 is 0 Å². The van der Waals surface area contributed by atoms with Crippen molar-refractivity contribution in [2.24, 2.45) is 0 Å². The molecule has 1 aliphatic heterocycles. The van der Waals surface area contributed by atoms with Crippen molar-refractivity contribution in [1.82, 2.24) is 4.90 Å². The summed E-state index contributed by atoms with van der Waals surface area (Å²) in [6.07, 6.45) is 5.04. The van der Waals surface area contributed by atoms with Gasteiger partial charge < -0.3 is 10.2 Å². The highest BCUT2D eigenvalue weighted by Crippen LogP contribution is 2.27. The van der Waals surface area contributed by atoms with Gasteiger partial charge in [0.1, 0.15) is 0 Å². The van der Waals surface area contributed by atoms with E-state index in [0.29, 0.717) is 18.0 Å². The molecular formula is C15H18N2O2. The number of carbonyl (C=O) groups excluding carboxylic acids is 2. The van der Waals surface area contributed by atoms with Crippen molar-refractivity contribution >= 4 is 17.5 Å². The van der Waals surface area contributed by atoms with Gasteiger partial charge in [0.25, 0.3) is 5.91 Å². The maximum atomic E-state index is 12.4. The largest absolute Gasteiger partial charge is 0.339 e. The van der Waals surface area contributed by atoms with E-state index in [4.69, 9.17) is 0 Å². The molecule has 4 heteroatoms. The average molecular weight is 258 g/mol. The highest BCUT2D eigenvalue weighted by Gasteiger charge is 2.25. The number of benzene rings is 1. The minimum absolute atomic E-state index is 0.00347. The summed E-state index contributed by atoms with van der Waals surface area (Å²) in [5, 5.41) is 2.79. The SMILES string of the molecule is CN(C(=O)c1ccc2c(c1)NC(=O)C2)C1CCCC1. The maximum absolute atomic E-state index is 12.4. The zero-order valence-corrected chi connectivity index (χ0v) is 11.1. The summed E-state index contributed by atoms with van der Waals surface area (Å²) in [6.45, 7) is 0. The monoisotopic (exact) mass is 258 g/mol. The molecule has 0 atom stereocenters. The van der Waals surface area contributed by atoms with Gasteiger partial charge in [-0.15, -0.1) is 0 Å². The van der Waals surface area contributed by atoms with Crippen LogP contribution in [0, 0.1) is 0 Å². The summed E-state index contributed by atoms with van der Waals surface area (Å²) in [5.41, 5.74) is 2.43. The van der Waals surface area contributed by atoms with E-state index in [2.05, 4.69) is 5.32 Å². The molecule has 0 bridgehead atoms. The van der Waals surface area contributed by atoms with Gasteiger partial charge in [-0.2, -0.15) is 0 Å². The van der Waals surface area contributed by atoms with Gasteiger partial charge in [0.2, 0.25) is 5.91 Å². The van der Waals surface area contributed by atoms with Crippen molar-refractivity contribution in [3.8, 4) is 0 Å². The average Bonchev–Trinajstić information content (AvgIpc) is 3.03. The second-order valence-corrected chi connectivity index (χ2v) is 5.45. The second kappa shape index (κ2) is 4.68. The third-order valence-electron chi connectivity index (χ3n) is 4.17. The number of nitrogens with one attached hydrogen (secondary N) is 1. The van der Waals surface area contributed by atoms with Crippen molar-refractivity contribution in [2.75, 3.05) is 12.4 Å². The minimum Gasteiger partial charge on any atom is -0.339 e. The molecule has 1 N–H and O–H groups in total. The highest BCUT2D eigenvalue weighted by atomic mass is 16.2. The molecule has 0 unspecified atom stereocenters. The van der Waals surface area contributed by atoms with Crippen LogP contribution in [0.4, 0.5) is 5.69 Å². The molecule has 1 heterocycles. The van der Waals surface area contributed by atoms with Crippen molar-refractivity contribution < 1.29 is 9.59 Å². The van der Waals surface area contributed by atoms with E-state index in [1.807, 2.05) is 24.1 Å². The third-order valence-corrected chi connectivity index (χ3v) is 4.17. The Morgan fingerprint density at radius 3 is 2.79 bits per heavy atom. The van der Waals surface area contributed by atoms with Crippen LogP contribution in [0.1, 0.15) is 41.6 Å². The van der Waals surface area contributed by atoms with Gasteiger partial charge in [0.15, 0.2) is 0 Å². The number of nitrogens with zero attached hydrogens (tertiary/aromatic N) is 1. The molecule has 0 aromatic heterocycles. The Kier molecular flexibility index (Phi) is 3.01. The molecule has 0 spiro atoms. The number of rotatable bonds is 2. The number of hydrogen-bond acceptors (Lipinski definition) is 2. The number of amides is 2. The predicted octanol–water partition coefficient (Wildman–Crippen LogP) is 2.20. The van der Waals surface area contributed by atoms with Gasteiger partial charge in [-0.3, -0.25) is 9.59 Å². The van der Waals surface area contributed by atoms with Crippen LogP contribution in [-0.2, 0) is 11.2 Å². The smallest absolute Gasteiger partial charge is 0.253 e. The van der Waals surface area contributed by atoms with Gasteiger partial charge in [-0.25, -0.2) is 0 Å². The minimum atomic E-state index is 0.00347. The van der Waals surface area contributed by atoms with E-state index in [1.165, 1.54) is 12.8 Å². The molecular weight excluding hydrogens is 240 g/mol. The Morgan fingerprint density at radius 2 is 2.05 bits per heavy atom. The van der Waals surface area contributed by atoms with E-state index >= 15 is 0 Å². The van der Waals surface area contributed by atoms with Crippen LogP contribution >= 0.6 is 0 Å². The van der Waals surface area contributed by atoms with Crippen LogP contribution in [0.5, 0.6) is 0 Å². The molecule has 19 heavy (non-hydrogen) atoms. The molecule has 100 valence electrons. The number of fused-ring (bicyclic) bond motifs is 1. The predicted molar refractivity (Wildman–Crippen MR) is 73.1 cm³/mol. The Balaban J connectivity index is 1.80. The molecule has 1 saturated carbocycles. The topological polar surface area (TPSA) is 49.4 Å². The summed E-state index contributed by atoms with van der Waals surface area (Å²) in [5.74, 6) is 0.0552. The molecule has 1 aliphatic carbocycles. The lowest BCUT2D eigenvalue weighted by Gasteiger charge is -2.24. The Labute approximate surface area is 112 Å². The Bertz CT molecular complexity index is 533. The molecule has 1 aromatic rings. The van der Waals surface area contributed by atoms with Crippen LogP contribution in [-0.4, -0.2) is 29.8 Å². The Hall–Kier alpha value is -1.84. The zero-order chi connectivity index (χ0) is 13.4. The summed E-state index contributed by atoms with van der Waals surface area (Å²) in [7, 11) is 1.88.